The third kappa shape index (κ3) is 1.19. The smallest absolute Gasteiger partial charge is 0.261 e. The second-order valence-electron chi connectivity index (χ2n) is 3.73. The fraction of sp³-hybridized carbons (Fsp3) is 0.556. The van der Waals surface area contributed by atoms with Crippen LogP contribution in [0.3, 0.4) is 0 Å². The largest absolute Gasteiger partial charge is 0.329 e. The SMILES string of the molecule is Cc1csc(C2(CN)CC2(F)F)c1Br. The van der Waals surface area contributed by atoms with Crippen LogP contribution in [0, 0.1) is 6.92 Å². The van der Waals surface area contributed by atoms with Crippen LogP contribution in [0.15, 0.2) is 9.85 Å². The summed E-state index contributed by atoms with van der Waals surface area (Å²) < 4.78 is 27.3. The molecule has 1 nitrogen and oxygen atoms in total. The first-order chi connectivity index (χ1) is 6.44. The van der Waals surface area contributed by atoms with Gasteiger partial charge < -0.3 is 5.73 Å². The van der Waals surface area contributed by atoms with E-state index in [0.29, 0.717) is 4.88 Å². The van der Waals surface area contributed by atoms with E-state index in [2.05, 4.69) is 15.9 Å². The maximum Gasteiger partial charge on any atom is 0.261 e. The summed E-state index contributed by atoms with van der Waals surface area (Å²) in [6.07, 6.45) is -0.116. The minimum absolute atomic E-state index is 0.0125. The highest BCUT2D eigenvalue weighted by molar-refractivity contribution is 9.10. The normalized spacial score (nSPS) is 29.2. The molecule has 1 fully saturated rings. The molecule has 1 atom stereocenters. The Morgan fingerprint density at radius 3 is 2.50 bits per heavy atom. The van der Waals surface area contributed by atoms with Crippen molar-refractivity contribution < 1.29 is 8.78 Å². The molecule has 78 valence electrons. The zero-order valence-electron chi connectivity index (χ0n) is 7.61. The molecule has 0 aromatic carbocycles. The quantitative estimate of drug-likeness (QED) is 0.886. The van der Waals surface area contributed by atoms with Crippen molar-refractivity contribution >= 4 is 27.3 Å². The van der Waals surface area contributed by atoms with Crippen LogP contribution in [0.5, 0.6) is 0 Å². The maximum atomic E-state index is 13.2. The average molecular weight is 282 g/mol. The lowest BCUT2D eigenvalue weighted by molar-refractivity contribution is 0.0903. The molecule has 1 heterocycles. The Hall–Kier alpha value is -0.0000000000000000555. The first-order valence-electron chi connectivity index (χ1n) is 4.26. The van der Waals surface area contributed by atoms with Gasteiger partial charge in [0, 0.05) is 22.3 Å². The van der Waals surface area contributed by atoms with Crippen LogP contribution in [0.2, 0.25) is 0 Å². The van der Waals surface area contributed by atoms with Gasteiger partial charge in [0.15, 0.2) is 0 Å². The van der Waals surface area contributed by atoms with E-state index in [0.717, 1.165) is 10.0 Å². The van der Waals surface area contributed by atoms with Crippen molar-refractivity contribution in [2.45, 2.75) is 24.7 Å². The van der Waals surface area contributed by atoms with Gasteiger partial charge in [-0.1, -0.05) is 0 Å². The van der Waals surface area contributed by atoms with Gasteiger partial charge in [-0.3, -0.25) is 0 Å². The van der Waals surface area contributed by atoms with Crippen LogP contribution in [0.1, 0.15) is 16.9 Å². The van der Waals surface area contributed by atoms with Gasteiger partial charge in [-0.25, -0.2) is 8.78 Å². The molecular formula is C9H10BrF2NS. The van der Waals surface area contributed by atoms with E-state index >= 15 is 0 Å². The predicted octanol–water partition coefficient (Wildman–Crippen LogP) is 3.05. The average Bonchev–Trinajstić information content (AvgIpc) is 2.53. The molecule has 2 rings (SSSR count). The highest BCUT2D eigenvalue weighted by Gasteiger charge is 2.72. The Bertz CT molecular complexity index is 377. The monoisotopic (exact) mass is 281 g/mol. The number of nitrogens with two attached hydrogens (primary N) is 1. The topological polar surface area (TPSA) is 26.0 Å². The van der Waals surface area contributed by atoms with Gasteiger partial charge in [-0.2, -0.15) is 0 Å². The Kier molecular flexibility index (Phi) is 2.25. The summed E-state index contributed by atoms with van der Waals surface area (Å²) in [6.45, 7) is 1.91. The van der Waals surface area contributed by atoms with Crippen LogP contribution in [-0.2, 0) is 5.41 Å². The number of alkyl halides is 2. The van der Waals surface area contributed by atoms with Crippen molar-refractivity contribution in [1.82, 2.24) is 0 Å². The fourth-order valence-electron chi connectivity index (χ4n) is 1.65. The van der Waals surface area contributed by atoms with Gasteiger partial charge in [0.1, 0.15) is 0 Å². The molecule has 0 saturated heterocycles. The first kappa shape index (κ1) is 10.5. The van der Waals surface area contributed by atoms with Crippen LogP contribution in [0.4, 0.5) is 8.78 Å². The molecule has 1 aromatic rings. The lowest BCUT2D eigenvalue weighted by Gasteiger charge is -2.12. The van der Waals surface area contributed by atoms with Crippen LogP contribution in [0.25, 0.3) is 0 Å². The predicted molar refractivity (Wildman–Crippen MR) is 57.1 cm³/mol. The van der Waals surface area contributed by atoms with Gasteiger partial charge in [0.25, 0.3) is 5.92 Å². The molecule has 5 heteroatoms. The van der Waals surface area contributed by atoms with Gasteiger partial charge >= 0.3 is 0 Å². The molecule has 0 aliphatic heterocycles. The summed E-state index contributed by atoms with van der Waals surface area (Å²) in [5.74, 6) is -2.62. The Morgan fingerprint density at radius 1 is 1.64 bits per heavy atom. The van der Waals surface area contributed by atoms with Crippen LogP contribution < -0.4 is 5.73 Å². The number of rotatable bonds is 2. The summed E-state index contributed by atoms with van der Waals surface area (Å²) in [6, 6.07) is 0. The lowest BCUT2D eigenvalue weighted by atomic mass is 10.0. The lowest BCUT2D eigenvalue weighted by Crippen LogP contribution is -2.26. The van der Waals surface area contributed by atoms with Crippen LogP contribution >= 0.6 is 27.3 Å². The molecule has 1 unspecified atom stereocenters. The summed E-state index contributed by atoms with van der Waals surface area (Å²) in [7, 11) is 0. The summed E-state index contributed by atoms with van der Waals surface area (Å²) in [5, 5.41) is 1.88. The van der Waals surface area contributed by atoms with Gasteiger partial charge in [-0.05, 0) is 33.8 Å². The molecule has 0 spiro atoms. The van der Waals surface area contributed by atoms with Gasteiger partial charge in [0.2, 0.25) is 0 Å². The Balaban J connectivity index is 2.45. The Morgan fingerprint density at radius 2 is 2.21 bits per heavy atom. The van der Waals surface area contributed by atoms with E-state index in [9.17, 15) is 8.78 Å². The molecular weight excluding hydrogens is 272 g/mol. The van der Waals surface area contributed by atoms with Crippen molar-refractivity contribution in [1.29, 1.82) is 0 Å². The van der Waals surface area contributed by atoms with E-state index in [1.54, 1.807) is 0 Å². The minimum Gasteiger partial charge on any atom is -0.329 e. The van der Waals surface area contributed by atoms with E-state index < -0.39 is 11.3 Å². The van der Waals surface area contributed by atoms with Crippen molar-refractivity contribution in [3.8, 4) is 0 Å². The second-order valence-corrected chi connectivity index (χ2v) is 5.40. The number of hydrogen-bond acceptors (Lipinski definition) is 2. The van der Waals surface area contributed by atoms with E-state index in [-0.39, 0.29) is 13.0 Å². The molecule has 0 bridgehead atoms. The zero-order chi connectivity index (χ0) is 10.6. The molecule has 0 amide bonds. The molecule has 1 saturated carbocycles. The summed E-state index contributed by atoms with van der Waals surface area (Å²) in [4.78, 5) is 0.697. The van der Waals surface area contributed by atoms with Crippen molar-refractivity contribution in [3.63, 3.8) is 0 Å². The minimum atomic E-state index is -2.62. The highest BCUT2D eigenvalue weighted by Crippen LogP contribution is 2.63. The van der Waals surface area contributed by atoms with Gasteiger partial charge in [-0.15, -0.1) is 11.3 Å². The van der Waals surface area contributed by atoms with Gasteiger partial charge in [0.05, 0.1) is 5.41 Å². The Labute approximate surface area is 93.4 Å². The molecule has 0 radical (unpaired) electrons. The number of aryl methyl sites for hydroxylation is 1. The highest BCUT2D eigenvalue weighted by atomic mass is 79.9. The molecule has 1 aliphatic rings. The second kappa shape index (κ2) is 3.00. The summed E-state index contributed by atoms with van der Waals surface area (Å²) in [5.41, 5.74) is 5.37. The number of hydrogen-bond donors (Lipinski definition) is 1. The zero-order valence-corrected chi connectivity index (χ0v) is 10.0. The van der Waals surface area contributed by atoms with E-state index in [1.165, 1.54) is 11.3 Å². The van der Waals surface area contributed by atoms with Crippen LogP contribution in [-0.4, -0.2) is 12.5 Å². The fourth-order valence-corrected chi connectivity index (χ4v) is 3.78. The number of halogens is 3. The van der Waals surface area contributed by atoms with Crippen molar-refractivity contribution in [2.75, 3.05) is 6.54 Å². The molecule has 2 N–H and O–H groups in total. The number of thiophene rings is 1. The standard InChI is InChI=1S/C9H10BrF2NS/c1-5-2-14-7(6(5)10)8(4-13)3-9(8,11)12/h2H,3-4,13H2,1H3. The molecule has 14 heavy (non-hydrogen) atoms. The first-order valence-corrected chi connectivity index (χ1v) is 5.94. The van der Waals surface area contributed by atoms with E-state index in [1.807, 2.05) is 12.3 Å². The van der Waals surface area contributed by atoms with E-state index in [4.69, 9.17) is 5.73 Å². The third-order valence-electron chi connectivity index (χ3n) is 2.78. The third-order valence-corrected chi connectivity index (χ3v) is 5.37. The summed E-state index contributed by atoms with van der Waals surface area (Å²) >= 11 is 4.71. The van der Waals surface area contributed by atoms with Crippen molar-refractivity contribution in [3.05, 3.63) is 20.3 Å². The molecule has 1 aromatic heterocycles. The maximum absolute atomic E-state index is 13.2. The molecule has 1 aliphatic carbocycles. The van der Waals surface area contributed by atoms with Crippen molar-refractivity contribution in [2.24, 2.45) is 5.73 Å².